The molecule has 0 spiro atoms. The van der Waals surface area contributed by atoms with Crippen molar-refractivity contribution in [2.75, 3.05) is 6.54 Å². The summed E-state index contributed by atoms with van der Waals surface area (Å²) >= 11 is 1.44. The second-order valence-corrected chi connectivity index (χ2v) is 4.15. The van der Waals surface area contributed by atoms with E-state index in [2.05, 4.69) is 4.99 Å². The fraction of sp³-hybridized carbons (Fsp3) is 0.0909. The minimum absolute atomic E-state index is 0.282. The summed E-state index contributed by atoms with van der Waals surface area (Å²) in [5.41, 5.74) is 0.379. The number of rotatable bonds is 3. The van der Waals surface area contributed by atoms with Gasteiger partial charge in [-0.2, -0.15) is 0 Å². The van der Waals surface area contributed by atoms with Crippen LogP contribution in [0.2, 0.25) is 0 Å². The number of nitrogens with zero attached hydrogens (tertiary/aromatic N) is 1. The van der Waals surface area contributed by atoms with E-state index in [9.17, 15) is 4.79 Å². The van der Waals surface area contributed by atoms with Crippen molar-refractivity contribution in [1.82, 2.24) is 0 Å². The maximum atomic E-state index is 10.9. The lowest BCUT2D eigenvalue weighted by molar-refractivity contribution is -0.132. The predicted octanol–water partition coefficient (Wildman–Crippen LogP) is 2.20. The normalized spacial score (nSPS) is 14.7. The molecule has 0 amide bonds. The largest absolute Gasteiger partial charge is 0.478 e. The molecule has 1 aromatic rings. The Balaban J connectivity index is 2.22. The lowest BCUT2D eigenvalue weighted by atomic mass is 10.3. The van der Waals surface area contributed by atoms with E-state index in [1.54, 1.807) is 6.21 Å². The first-order valence-corrected chi connectivity index (χ1v) is 5.28. The standard InChI is InChI=1S/C11H9NO2S/c13-11(14)9-6-12-7-10(9)15-8-4-2-1-3-5-8/h1-5,7H,6H2,(H,13,14). The summed E-state index contributed by atoms with van der Waals surface area (Å²) in [5.74, 6) is -0.883. The molecule has 0 unspecified atom stereocenters. The van der Waals surface area contributed by atoms with Gasteiger partial charge >= 0.3 is 5.97 Å². The first kappa shape index (κ1) is 9.98. The number of aliphatic imine (C=N–C) groups is 1. The van der Waals surface area contributed by atoms with Crippen LogP contribution in [0.1, 0.15) is 0 Å². The molecule has 76 valence electrons. The second kappa shape index (κ2) is 4.31. The summed E-state index contributed by atoms with van der Waals surface area (Å²) in [7, 11) is 0. The summed E-state index contributed by atoms with van der Waals surface area (Å²) in [6.07, 6.45) is 1.63. The molecule has 0 aromatic heterocycles. The number of carbonyl (C=O) groups is 1. The highest BCUT2D eigenvalue weighted by molar-refractivity contribution is 8.04. The van der Waals surface area contributed by atoms with Gasteiger partial charge in [-0.1, -0.05) is 30.0 Å². The predicted molar refractivity (Wildman–Crippen MR) is 60.3 cm³/mol. The molecule has 2 rings (SSSR count). The van der Waals surface area contributed by atoms with E-state index in [1.165, 1.54) is 11.8 Å². The zero-order valence-electron chi connectivity index (χ0n) is 7.88. The van der Waals surface area contributed by atoms with Crippen LogP contribution in [0.15, 0.2) is 50.7 Å². The van der Waals surface area contributed by atoms with Crippen LogP contribution in [0.4, 0.5) is 0 Å². The van der Waals surface area contributed by atoms with Gasteiger partial charge in [0.05, 0.1) is 12.1 Å². The Morgan fingerprint density at radius 2 is 2.07 bits per heavy atom. The molecule has 4 heteroatoms. The number of allylic oxidation sites excluding steroid dienone is 1. The number of aliphatic carboxylic acids is 1. The highest BCUT2D eigenvalue weighted by atomic mass is 32.2. The first-order chi connectivity index (χ1) is 7.27. The summed E-state index contributed by atoms with van der Waals surface area (Å²) in [5, 5.41) is 8.91. The van der Waals surface area contributed by atoms with Gasteiger partial charge in [0.15, 0.2) is 0 Å². The van der Waals surface area contributed by atoms with Crippen molar-refractivity contribution in [3.63, 3.8) is 0 Å². The molecule has 0 aliphatic carbocycles. The van der Waals surface area contributed by atoms with Gasteiger partial charge in [-0.3, -0.25) is 4.99 Å². The molecule has 1 N–H and O–H groups in total. The highest BCUT2D eigenvalue weighted by Gasteiger charge is 2.17. The summed E-state index contributed by atoms with van der Waals surface area (Å²) in [6.45, 7) is 0.282. The van der Waals surface area contributed by atoms with Gasteiger partial charge in [-0.05, 0) is 12.1 Å². The zero-order chi connectivity index (χ0) is 10.7. The first-order valence-electron chi connectivity index (χ1n) is 4.46. The molecule has 1 aromatic carbocycles. The fourth-order valence-corrected chi connectivity index (χ4v) is 2.20. The van der Waals surface area contributed by atoms with E-state index in [1.807, 2.05) is 30.3 Å². The molecular weight excluding hydrogens is 210 g/mol. The van der Waals surface area contributed by atoms with Crippen molar-refractivity contribution in [3.8, 4) is 0 Å². The van der Waals surface area contributed by atoms with Crippen LogP contribution in [0.25, 0.3) is 0 Å². The van der Waals surface area contributed by atoms with Gasteiger partial charge in [-0.15, -0.1) is 0 Å². The smallest absolute Gasteiger partial charge is 0.334 e. The van der Waals surface area contributed by atoms with E-state index in [0.29, 0.717) is 5.57 Å². The Morgan fingerprint density at radius 1 is 1.33 bits per heavy atom. The van der Waals surface area contributed by atoms with E-state index in [0.717, 1.165) is 9.80 Å². The molecule has 1 aliphatic rings. The summed E-state index contributed by atoms with van der Waals surface area (Å²) in [4.78, 5) is 16.6. The zero-order valence-corrected chi connectivity index (χ0v) is 8.70. The van der Waals surface area contributed by atoms with Crippen molar-refractivity contribution in [3.05, 3.63) is 40.8 Å². The molecule has 3 nitrogen and oxygen atoms in total. The van der Waals surface area contributed by atoms with Gasteiger partial charge in [0.2, 0.25) is 0 Å². The van der Waals surface area contributed by atoms with Gasteiger partial charge in [-0.25, -0.2) is 4.79 Å². The lowest BCUT2D eigenvalue weighted by Crippen LogP contribution is -2.02. The van der Waals surface area contributed by atoms with Crippen molar-refractivity contribution in [2.45, 2.75) is 4.90 Å². The Hall–Kier alpha value is -1.55. The van der Waals surface area contributed by atoms with E-state index < -0.39 is 5.97 Å². The van der Waals surface area contributed by atoms with Crippen LogP contribution >= 0.6 is 11.8 Å². The third kappa shape index (κ3) is 2.27. The molecular formula is C11H9NO2S. The Morgan fingerprint density at radius 3 is 2.73 bits per heavy atom. The molecule has 0 radical (unpaired) electrons. The Labute approximate surface area is 91.5 Å². The Kier molecular flexibility index (Phi) is 2.87. The minimum atomic E-state index is -0.883. The van der Waals surface area contributed by atoms with Crippen LogP contribution in [-0.2, 0) is 4.79 Å². The molecule has 0 saturated heterocycles. The highest BCUT2D eigenvalue weighted by Crippen LogP contribution is 2.29. The van der Waals surface area contributed by atoms with Crippen LogP contribution < -0.4 is 0 Å². The van der Waals surface area contributed by atoms with E-state index >= 15 is 0 Å². The molecule has 0 fully saturated rings. The molecule has 0 atom stereocenters. The number of thioether (sulfide) groups is 1. The maximum absolute atomic E-state index is 10.9. The Bertz CT molecular complexity index is 437. The van der Waals surface area contributed by atoms with Crippen molar-refractivity contribution < 1.29 is 9.90 Å². The number of benzene rings is 1. The lowest BCUT2D eigenvalue weighted by Gasteiger charge is -2.01. The third-order valence-electron chi connectivity index (χ3n) is 1.98. The van der Waals surface area contributed by atoms with Crippen LogP contribution in [-0.4, -0.2) is 23.8 Å². The summed E-state index contributed by atoms with van der Waals surface area (Å²) in [6, 6.07) is 9.68. The third-order valence-corrected chi connectivity index (χ3v) is 3.06. The molecule has 0 bridgehead atoms. The number of hydrogen-bond acceptors (Lipinski definition) is 3. The number of carboxylic acids is 1. The van der Waals surface area contributed by atoms with Gasteiger partial charge in [0.25, 0.3) is 0 Å². The maximum Gasteiger partial charge on any atom is 0.334 e. The van der Waals surface area contributed by atoms with Crippen LogP contribution in [0.5, 0.6) is 0 Å². The van der Waals surface area contributed by atoms with Crippen LogP contribution in [0, 0.1) is 0 Å². The quantitative estimate of drug-likeness (QED) is 0.847. The van der Waals surface area contributed by atoms with Crippen molar-refractivity contribution in [1.29, 1.82) is 0 Å². The second-order valence-electron chi connectivity index (χ2n) is 3.03. The van der Waals surface area contributed by atoms with Gasteiger partial charge in [0, 0.05) is 16.0 Å². The fourth-order valence-electron chi connectivity index (χ4n) is 1.25. The van der Waals surface area contributed by atoms with Crippen molar-refractivity contribution >= 4 is 23.9 Å². The van der Waals surface area contributed by atoms with Crippen molar-refractivity contribution in [2.24, 2.45) is 4.99 Å². The van der Waals surface area contributed by atoms with E-state index in [-0.39, 0.29) is 6.54 Å². The minimum Gasteiger partial charge on any atom is -0.478 e. The SMILES string of the molecule is O=C(O)C1=C(Sc2ccccc2)C=NC1. The average molecular weight is 219 g/mol. The van der Waals surface area contributed by atoms with E-state index in [4.69, 9.17) is 5.11 Å². The number of hydrogen-bond donors (Lipinski definition) is 1. The number of carboxylic acid groups (broad SMARTS) is 1. The van der Waals surface area contributed by atoms with Gasteiger partial charge in [0.1, 0.15) is 0 Å². The average Bonchev–Trinajstić information content (AvgIpc) is 2.67. The van der Waals surface area contributed by atoms with Crippen LogP contribution in [0.3, 0.4) is 0 Å². The topological polar surface area (TPSA) is 49.7 Å². The molecule has 0 saturated carbocycles. The molecule has 1 heterocycles. The molecule has 15 heavy (non-hydrogen) atoms. The molecule has 1 aliphatic heterocycles. The summed E-state index contributed by atoms with van der Waals surface area (Å²) < 4.78 is 0. The monoisotopic (exact) mass is 219 g/mol. The van der Waals surface area contributed by atoms with Gasteiger partial charge < -0.3 is 5.11 Å².